The Bertz CT molecular complexity index is 641. The van der Waals surface area contributed by atoms with Crippen molar-refractivity contribution in [1.82, 2.24) is 4.98 Å². The van der Waals surface area contributed by atoms with Gasteiger partial charge in [-0.15, -0.1) is 0 Å². The van der Waals surface area contributed by atoms with Crippen molar-refractivity contribution in [3.8, 4) is 5.75 Å². The number of rotatable bonds is 8. The van der Waals surface area contributed by atoms with Crippen LogP contribution in [0, 0.1) is 0 Å². The van der Waals surface area contributed by atoms with E-state index in [0.29, 0.717) is 13.1 Å². The Hall–Kier alpha value is -2.40. The van der Waals surface area contributed by atoms with Crippen LogP contribution >= 0.6 is 0 Å². The van der Waals surface area contributed by atoms with Crippen LogP contribution in [0.25, 0.3) is 0 Å². The smallest absolute Gasteiger partial charge is 0.154 e. The molecule has 2 atom stereocenters. The first-order chi connectivity index (χ1) is 11.5. The van der Waals surface area contributed by atoms with Crippen molar-refractivity contribution < 1.29 is 19.5 Å². The zero-order valence-electron chi connectivity index (χ0n) is 14.4. The predicted octanol–water partition coefficient (Wildman–Crippen LogP) is 0.765. The van der Waals surface area contributed by atoms with E-state index >= 15 is 0 Å². The van der Waals surface area contributed by atoms with Gasteiger partial charge in [0.2, 0.25) is 0 Å². The fourth-order valence-corrected chi connectivity index (χ4v) is 2.74. The molecule has 2 aromatic rings. The molecule has 1 heterocycles. The maximum absolute atomic E-state index is 11.8. The van der Waals surface area contributed by atoms with E-state index in [4.69, 9.17) is 4.74 Å². The van der Waals surface area contributed by atoms with E-state index < -0.39 is 12.0 Å². The maximum Gasteiger partial charge on any atom is 0.154 e. The van der Waals surface area contributed by atoms with E-state index in [2.05, 4.69) is 4.98 Å². The summed E-state index contributed by atoms with van der Waals surface area (Å²) in [4.78, 5) is 16.7. The summed E-state index contributed by atoms with van der Waals surface area (Å²) in [5.41, 5.74) is 1.77. The van der Waals surface area contributed by atoms with Gasteiger partial charge in [0, 0.05) is 23.5 Å². The summed E-state index contributed by atoms with van der Waals surface area (Å²) in [6.07, 6.45) is 3.51. The number of quaternary nitrogens is 1. The lowest BCUT2D eigenvalue weighted by Crippen LogP contribution is -3.12. The van der Waals surface area contributed by atoms with Crippen LogP contribution < -0.4 is 14.7 Å². The number of hydrogen-bond acceptors (Lipinski definition) is 4. The number of carboxylic acids is 1. The Labute approximate surface area is 142 Å². The fraction of sp³-hybridized carbons (Fsp3) is 0.368. The molecule has 1 aromatic heterocycles. The summed E-state index contributed by atoms with van der Waals surface area (Å²) >= 11 is 0. The Morgan fingerprint density at radius 3 is 2.29 bits per heavy atom. The van der Waals surface area contributed by atoms with E-state index in [1.165, 1.54) is 0 Å². The normalized spacial score (nSPS) is 13.5. The first-order valence-electron chi connectivity index (χ1n) is 8.22. The van der Waals surface area contributed by atoms with Crippen LogP contribution in [0.15, 0.2) is 48.8 Å². The van der Waals surface area contributed by atoms with E-state index in [-0.39, 0.29) is 6.10 Å². The number of carbonyl (C=O) groups excluding carboxylic acids is 1. The van der Waals surface area contributed by atoms with Crippen molar-refractivity contribution in [2.24, 2.45) is 0 Å². The van der Waals surface area contributed by atoms with Crippen LogP contribution in [0.3, 0.4) is 0 Å². The molecule has 0 saturated heterocycles. The van der Waals surface area contributed by atoms with Gasteiger partial charge < -0.3 is 19.5 Å². The summed E-state index contributed by atoms with van der Waals surface area (Å²) in [6, 6.07) is 10.3. The van der Waals surface area contributed by atoms with Crippen LogP contribution in [0.2, 0.25) is 0 Å². The van der Waals surface area contributed by atoms with Gasteiger partial charge in [-0.1, -0.05) is 0 Å². The van der Waals surface area contributed by atoms with Crippen molar-refractivity contribution in [1.29, 1.82) is 0 Å². The summed E-state index contributed by atoms with van der Waals surface area (Å²) in [7, 11) is 0. The lowest BCUT2D eigenvalue weighted by Gasteiger charge is -2.29. The molecule has 0 amide bonds. The van der Waals surface area contributed by atoms with Crippen molar-refractivity contribution in [2.45, 2.75) is 39.5 Å². The van der Waals surface area contributed by atoms with E-state index in [1.807, 2.05) is 45.0 Å². The molecule has 0 saturated carbocycles. The first kappa shape index (κ1) is 17.9. The Kier molecular flexibility index (Phi) is 6.32. The molecule has 0 radical (unpaired) electrons. The molecule has 0 spiro atoms. The largest absolute Gasteiger partial charge is 0.544 e. The number of benzene rings is 1. The van der Waals surface area contributed by atoms with E-state index in [9.17, 15) is 9.90 Å². The third-order valence-electron chi connectivity index (χ3n) is 3.86. The highest BCUT2D eigenvalue weighted by Gasteiger charge is 2.24. The number of nitrogens with one attached hydrogen (secondary N) is 1. The lowest BCUT2D eigenvalue weighted by molar-refractivity contribution is -0.936. The maximum atomic E-state index is 11.8. The van der Waals surface area contributed by atoms with Gasteiger partial charge in [-0.25, -0.2) is 0 Å². The number of carbonyl (C=O) groups is 1. The zero-order chi connectivity index (χ0) is 17.5. The molecule has 1 unspecified atom stereocenters. The van der Waals surface area contributed by atoms with E-state index in [1.54, 1.807) is 24.5 Å². The zero-order valence-corrected chi connectivity index (χ0v) is 14.4. The van der Waals surface area contributed by atoms with Crippen LogP contribution in [-0.2, 0) is 11.3 Å². The Morgan fingerprint density at radius 2 is 1.79 bits per heavy atom. The lowest BCUT2D eigenvalue weighted by atomic mass is 10.0. The Morgan fingerprint density at radius 1 is 1.17 bits per heavy atom. The number of carboxylic acid groups (broad SMARTS) is 1. The number of ether oxygens (including phenoxy) is 1. The van der Waals surface area contributed by atoms with Crippen LogP contribution in [0.1, 0.15) is 37.9 Å². The van der Waals surface area contributed by atoms with Crippen molar-refractivity contribution in [3.05, 3.63) is 59.9 Å². The molecule has 5 heteroatoms. The van der Waals surface area contributed by atoms with Gasteiger partial charge in [-0.2, -0.15) is 0 Å². The molecule has 0 fully saturated rings. The molecule has 0 bridgehead atoms. The molecule has 1 aromatic carbocycles. The SMILES string of the molecule is CC[NH+](Cc1ccncc1)[C@@H](C(=O)[O-])c1ccc(OC(C)C)cc1. The van der Waals surface area contributed by atoms with Crippen molar-refractivity contribution >= 4 is 5.97 Å². The van der Waals surface area contributed by atoms with Gasteiger partial charge in [-0.05, 0) is 57.2 Å². The molecule has 2 rings (SSSR count). The summed E-state index contributed by atoms with van der Waals surface area (Å²) < 4.78 is 5.62. The molecule has 0 aliphatic carbocycles. The average molecular weight is 328 g/mol. The molecular formula is C19H24N2O3. The third-order valence-corrected chi connectivity index (χ3v) is 3.86. The van der Waals surface area contributed by atoms with Crippen molar-refractivity contribution in [2.75, 3.05) is 6.54 Å². The highest BCUT2D eigenvalue weighted by atomic mass is 16.5. The second-order valence-electron chi connectivity index (χ2n) is 6.03. The number of nitrogens with zero attached hydrogens (tertiary/aromatic N) is 1. The van der Waals surface area contributed by atoms with Gasteiger partial charge in [0.25, 0.3) is 0 Å². The van der Waals surface area contributed by atoms with Crippen LogP contribution in [0.4, 0.5) is 0 Å². The second kappa shape index (κ2) is 8.45. The summed E-state index contributed by atoms with van der Waals surface area (Å²) in [6.45, 7) is 7.15. The van der Waals surface area contributed by atoms with Crippen LogP contribution in [-0.4, -0.2) is 23.6 Å². The summed E-state index contributed by atoms with van der Waals surface area (Å²) in [5, 5.41) is 11.8. The average Bonchev–Trinajstić information content (AvgIpc) is 2.56. The van der Waals surface area contributed by atoms with E-state index in [0.717, 1.165) is 21.8 Å². The minimum Gasteiger partial charge on any atom is -0.544 e. The molecular weight excluding hydrogens is 304 g/mol. The first-order valence-corrected chi connectivity index (χ1v) is 8.22. The predicted molar refractivity (Wildman–Crippen MR) is 89.4 cm³/mol. The molecule has 5 nitrogen and oxygen atoms in total. The number of aromatic nitrogens is 1. The quantitative estimate of drug-likeness (QED) is 0.777. The van der Waals surface area contributed by atoms with Gasteiger partial charge in [0.05, 0.1) is 12.6 Å². The highest BCUT2D eigenvalue weighted by Crippen LogP contribution is 2.17. The number of hydrogen-bond donors (Lipinski definition) is 1. The molecule has 0 aliphatic rings. The van der Waals surface area contributed by atoms with Crippen molar-refractivity contribution in [3.63, 3.8) is 0 Å². The molecule has 128 valence electrons. The van der Waals surface area contributed by atoms with Gasteiger partial charge in [0.15, 0.2) is 6.04 Å². The summed E-state index contributed by atoms with van der Waals surface area (Å²) in [5.74, 6) is -0.337. The molecule has 1 N–H and O–H groups in total. The minimum atomic E-state index is -1.07. The molecule has 0 aliphatic heterocycles. The monoisotopic (exact) mass is 328 g/mol. The standard InChI is InChI=1S/C19H24N2O3/c1-4-21(13-15-9-11-20-12-10-15)18(19(22)23)16-5-7-17(8-6-16)24-14(2)3/h5-12,14,18H,4,13H2,1-3H3,(H,22,23)/t18-/m1/s1. The Balaban J connectivity index is 2.22. The van der Waals surface area contributed by atoms with Crippen LogP contribution in [0.5, 0.6) is 5.75 Å². The van der Waals surface area contributed by atoms with Gasteiger partial charge in [0.1, 0.15) is 18.3 Å². The highest BCUT2D eigenvalue weighted by molar-refractivity contribution is 5.71. The minimum absolute atomic E-state index is 0.0808. The molecule has 24 heavy (non-hydrogen) atoms. The van der Waals surface area contributed by atoms with Gasteiger partial charge >= 0.3 is 0 Å². The number of pyridine rings is 1. The number of likely N-dealkylation sites (N-methyl/N-ethyl adjacent to an activating group) is 1. The third kappa shape index (κ3) is 4.80. The topological polar surface area (TPSA) is 66.7 Å². The van der Waals surface area contributed by atoms with Gasteiger partial charge in [-0.3, -0.25) is 4.98 Å². The second-order valence-corrected chi connectivity index (χ2v) is 6.03. The fourth-order valence-electron chi connectivity index (χ4n) is 2.74. The number of aliphatic carboxylic acids is 1.